The largest absolute Gasteiger partial charge is 0.493 e. The SMILES string of the molecule is CC(Cc1ccccc1)N(C)CC(=O)N=Nc1c(O)n(Cc2ccccc2)c2ccccc12. The third-order valence-corrected chi connectivity index (χ3v) is 5.87. The van der Waals surface area contributed by atoms with Crippen LogP contribution in [-0.4, -0.2) is 40.1 Å². The van der Waals surface area contributed by atoms with Gasteiger partial charge in [0.25, 0.3) is 5.91 Å². The van der Waals surface area contributed by atoms with Crippen LogP contribution in [0, 0.1) is 0 Å². The summed E-state index contributed by atoms with van der Waals surface area (Å²) < 4.78 is 1.79. The monoisotopic (exact) mass is 440 g/mol. The average molecular weight is 441 g/mol. The van der Waals surface area contributed by atoms with E-state index in [1.165, 1.54) is 5.56 Å². The number of aromatic nitrogens is 1. The van der Waals surface area contributed by atoms with Gasteiger partial charge in [0.2, 0.25) is 5.88 Å². The Morgan fingerprint density at radius 1 is 0.939 bits per heavy atom. The molecule has 0 saturated carbocycles. The van der Waals surface area contributed by atoms with Crippen molar-refractivity contribution in [3.63, 3.8) is 0 Å². The Balaban J connectivity index is 1.49. The standard InChI is InChI=1S/C27H28N4O2/c1-20(17-21-11-5-3-6-12-21)30(2)19-25(32)28-29-26-23-15-9-10-16-24(23)31(27(26)33)18-22-13-7-4-8-14-22/h3-16,20,33H,17-19H2,1-2H3. The Morgan fingerprint density at radius 3 is 2.24 bits per heavy atom. The second kappa shape index (κ2) is 10.2. The summed E-state index contributed by atoms with van der Waals surface area (Å²) in [6, 6.07) is 27.9. The minimum absolute atomic E-state index is 0.00223. The molecule has 1 amide bonds. The number of benzene rings is 3. The number of azo groups is 1. The molecular weight excluding hydrogens is 412 g/mol. The number of carbonyl (C=O) groups excluding carboxylic acids is 1. The number of hydrogen-bond acceptors (Lipinski definition) is 4. The van der Waals surface area contributed by atoms with E-state index in [9.17, 15) is 9.90 Å². The summed E-state index contributed by atoms with van der Waals surface area (Å²) in [7, 11) is 1.91. The molecule has 1 aromatic heterocycles. The molecule has 0 bridgehead atoms. The van der Waals surface area contributed by atoms with Crippen molar-refractivity contribution < 1.29 is 9.90 Å². The van der Waals surface area contributed by atoms with E-state index in [1.54, 1.807) is 4.57 Å². The summed E-state index contributed by atoms with van der Waals surface area (Å²) >= 11 is 0. The first-order valence-corrected chi connectivity index (χ1v) is 11.1. The van der Waals surface area contributed by atoms with Gasteiger partial charge in [0.1, 0.15) is 0 Å². The first-order valence-electron chi connectivity index (χ1n) is 11.1. The van der Waals surface area contributed by atoms with E-state index in [4.69, 9.17) is 0 Å². The van der Waals surface area contributed by atoms with Gasteiger partial charge in [-0.2, -0.15) is 0 Å². The number of nitrogens with zero attached hydrogens (tertiary/aromatic N) is 4. The summed E-state index contributed by atoms with van der Waals surface area (Å²) in [5.74, 6) is -0.348. The van der Waals surface area contributed by atoms with Crippen molar-refractivity contribution in [2.75, 3.05) is 13.6 Å². The van der Waals surface area contributed by atoms with Gasteiger partial charge >= 0.3 is 0 Å². The number of rotatable bonds is 8. The molecule has 4 aromatic rings. The Hall–Kier alpha value is -3.77. The lowest BCUT2D eigenvalue weighted by Gasteiger charge is -2.23. The highest BCUT2D eigenvalue weighted by Crippen LogP contribution is 2.39. The molecule has 0 fully saturated rings. The van der Waals surface area contributed by atoms with Crippen molar-refractivity contribution >= 4 is 22.5 Å². The maximum atomic E-state index is 12.5. The summed E-state index contributed by atoms with van der Waals surface area (Å²) in [5.41, 5.74) is 3.44. The highest BCUT2D eigenvalue weighted by molar-refractivity contribution is 5.95. The second-order valence-electron chi connectivity index (χ2n) is 8.31. The fourth-order valence-corrected chi connectivity index (χ4v) is 3.91. The van der Waals surface area contributed by atoms with E-state index >= 15 is 0 Å². The van der Waals surface area contributed by atoms with Gasteiger partial charge in [-0.25, -0.2) is 0 Å². The first kappa shape index (κ1) is 22.4. The number of aromatic hydroxyl groups is 1. The molecule has 1 heterocycles. The minimum atomic E-state index is -0.350. The van der Waals surface area contributed by atoms with Gasteiger partial charge in [0.15, 0.2) is 5.69 Å². The van der Waals surface area contributed by atoms with Crippen molar-refractivity contribution in [3.05, 3.63) is 96.1 Å². The van der Waals surface area contributed by atoms with Crippen LogP contribution in [0.2, 0.25) is 0 Å². The second-order valence-corrected chi connectivity index (χ2v) is 8.31. The fourth-order valence-electron chi connectivity index (χ4n) is 3.91. The maximum Gasteiger partial charge on any atom is 0.278 e. The molecule has 33 heavy (non-hydrogen) atoms. The van der Waals surface area contributed by atoms with E-state index in [-0.39, 0.29) is 24.4 Å². The molecule has 0 spiro atoms. The number of fused-ring (bicyclic) bond motifs is 1. The van der Waals surface area contributed by atoms with Crippen LogP contribution in [-0.2, 0) is 17.8 Å². The van der Waals surface area contributed by atoms with Crippen molar-refractivity contribution in [2.24, 2.45) is 10.2 Å². The highest BCUT2D eigenvalue weighted by atomic mass is 16.3. The molecule has 1 atom stereocenters. The van der Waals surface area contributed by atoms with Crippen LogP contribution in [0.25, 0.3) is 10.9 Å². The number of hydrogen-bond donors (Lipinski definition) is 1. The highest BCUT2D eigenvalue weighted by Gasteiger charge is 2.18. The van der Waals surface area contributed by atoms with Gasteiger partial charge in [0.05, 0.1) is 18.6 Å². The molecule has 0 aliphatic rings. The molecule has 0 radical (unpaired) electrons. The molecule has 168 valence electrons. The van der Waals surface area contributed by atoms with Gasteiger partial charge in [-0.15, -0.1) is 10.2 Å². The van der Waals surface area contributed by atoms with Crippen LogP contribution in [0.5, 0.6) is 5.88 Å². The van der Waals surface area contributed by atoms with Crippen LogP contribution < -0.4 is 0 Å². The molecule has 3 aromatic carbocycles. The van der Waals surface area contributed by atoms with Gasteiger partial charge < -0.3 is 9.67 Å². The van der Waals surface area contributed by atoms with Crippen LogP contribution >= 0.6 is 0 Å². The maximum absolute atomic E-state index is 12.5. The van der Waals surface area contributed by atoms with E-state index in [0.717, 1.165) is 22.9 Å². The molecule has 0 saturated heterocycles. The van der Waals surface area contributed by atoms with E-state index in [2.05, 4.69) is 29.3 Å². The predicted molar refractivity (Wildman–Crippen MR) is 131 cm³/mol. The number of carbonyl (C=O) groups is 1. The lowest BCUT2D eigenvalue weighted by atomic mass is 10.1. The fraction of sp³-hybridized carbons (Fsp3) is 0.222. The van der Waals surface area contributed by atoms with Gasteiger partial charge in [-0.3, -0.25) is 9.69 Å². The normalized spacial score (nSPS) is 12.6. The van der Waals surface area contributed by atoms with Crippen LogP contribution in [0.1, 0.15) is 18.1 Å². The zero-order chi connectivity index (χ0) is 23.2. The lowest BCUT2D eigenvalue weighted by molar-refractivity contribution is -0.119. The lowest BCUT2D eigenvalue weighted by Crippen LogP contribution is -2.34. The number of para-hydroxylation sites is 1. The molecule has 1 unspecified atom stereocenters. The Morgan fingerprint density at radius 2 is 1.55 bits per heavy atom. The topological polar surface area (TPSA) is 70.2 Å². The third-order valence-electron chi connectivity index (χ3n) is 5.87. The molecule has 0 aliphatic carbocycles. The summed E-state index contributed by atoms with van der Waals surface area (Å²) in [5, 5.41) is 19.8. The van der Waals surface area contributed by atoms with Gasteiger partial charge in [-0.05, 0) is 37.6 Å². The third kappa shape index (κ3) is 5.35. The minimum Gasteiger partial charge on any atom is -0.493 e. The molecule has 6 heteroatoms. The quantitative estimate of drug-likeness (QED) is 0.364. The van der Waals surface area contributed by atoms with Crippen LogP contribution in [0.15, 0.2) is 95.2 Å². The number of amides is 1. The van der Waals surface area contributed by atoms with E-state index in [1.807, 2.05) is 84.7 Å². The van der Waals surface area contributed by atoms with E-state index < -0.39 is 0 Å². The van der Waals surface area contributed by atoms with Crippen LogP contribution in [0.3, 0.4) is 0 Å². The first-order chi connectivity index (χ1) is 16.0. The molecule has 6 nitrogen and oxygen atoms in total. The predicted octanol–water partition coefficient (Wildman–Crippen LogP) is 5.57. The zero-order valence-corrected chi connectivity index (χ0v) is 18.9. The number of likely N-dealkylation sites (N-methyl/N-ethyl adjacent to an activating group) is 1. The molecule has 1 N–H and O–H groups in total. The van der Waals surface area contributed by atoms with E-state index in [0.29, 0.717) is 12.2 Å². The Labute approximate surface area is 193 Å². The van der Waals surface area contributed by atoms with Gasteiger partial charge in [-0.1, -0.05) is 78.9 Å². The smallest absolute Gasteiger partial charge is 0.278 e. The zero-order valence-electron chi connectivity index (χ0n) is 18.9. The molecule has 4 rings (SSSR count). The average Bonchev–Trinajstić information content (AvgIpc) is 3.09. The van der Waals surface area contributed by atoms with Gasteiger partial charge in [0, 0.05) is 11.4 Å². The summed E-state index contributed by atoms with van der Waals surface area (Å²) in [4.78, 5) is 14.5. The Kier molecular flexibility index (Phi) is 6.95. The summed E-state index contributed by atoms with van der Waals surface area (Å²) in [6.45, 7) is 2.73. The van der Waals surface area contributed by atoms with Crippen molar-refractivity contribution in [1.29, 1.82) is 0 Å². The van der Waals surface area contributed by atoms with Crippen molar-refractivity contribution in [3.8, 4) is 5.88 Å². The molecule has 0 aliphatic heterocycles. The van der Waals surface area contributed by atoms with Crippen molar-refractivity contribution in [1.82, 2.24) is 9.47 Å². The summed E-state index contributed by atoms with van der Waals surface area (Å²) in [6.07, 6.45) is 0.843. The van der Waals surface area contributed by atoms with Crippen molar-refractivity contribution in [2.45, 2.75) is 25.9 Å². The Bertz CT molecular complexity index is 1250. The van der Waals surface area contributed by atoms with Crippen LogP contribution in [0.4, 0.5) is 5.69 Å². The molecular formula is C27H28N4O2.